The number of oxazole rings is 1. The van der Waals surface area contributed by atoms with E-state index >= 15 is 0 Å². The lowest BCUT2D eigenvalue weighted by Crippen LogP contribution is -2.39. The van der Waals surface area contributed by atoms with Gasteiger partial charge in [0.25, 0.3) is 0 Å². The molecule has 168 valence electrons. The molecule has 0 fully saturated rings. The van der Waals surface area contributed by atoms with Gasteiger partial charge in [-0.15, -0.1) is 24.0 Å². The maximum atomic E-state index is 13.0. The molecule has 0 radical (unpaired) electrons. The Balaban J connectivity index is 0.00000450. The number of nitrogens with one attached hydrogen (secondary N) is 2. The van der Waals surface area contributed by atoms with E-state index in [2.05, 4.69) is 32.6 Å². The number of rotatable bonds is 12. The standard InChI is InChI=1S/C21H32FN5O2.HI/c1-4-23-21(25-12-14-27(2)13-5-15-28-3)24-11-10-19-16-29-20(26-19)17-6-8-18(22)9-7-17;/h6-9,16H,4-5,10-15H2,1-3H3,(H2,23,24,25);1H. The van der Waals surface area contributed by atoms with E-state index in [1.165, 1.54) is 12.1 Å². The zero-order chi connectivity index (χ0) is 20.9. The number of halogens is 2. The third kappa shape index (κ3) is 9.86. The van der Waals surface area contributed by atoms with Crippen LogP contribution < -0.4 is 10.6 Å². The highest BCUT2D eigenvalue weighted by Crippen LogP contribution is 2.18. The van der Waals surface area contributed by atoms with Crippen LogP contribution in [0.2, 0.25) is 0 Å². The van der Waals surface area contributed by atoms with Crippen LogP contribution in [-0.2, 0) is 11.2 Å². The van der Waals surface area contributed by atoms with Crippen molar-refractivity contribution in [2.24, 2.45) is 4.99 Å². The smallest absolute Gasteiger partial charge is 0.226 e. The summed E-state index contributed by atoms with van der Waals surface area (Å²) in [7, 11) is 3.82. The minimum Gasteiger partial charge on any atom is -0.444 e. The lowest BCUT2D eigenvalue weighted by Gasteiger charge is -2.16. The Labute approximate surface area is 195 Å². The Morgan fingerprint density at radius 2 is 2.00 bits per heavy atom. The second kappa shape index (κ2) is 15.1. The number of guanidine groups is 1. The molecule has 0 aliphatic carbocycles. The average Bonchev–Trinajstić information content (AvgIpc) is 3.17. The number of hydrogen-bond acceptors (Lipinski definition) is 5. The zero-order valence-electron chi connectivity index (χ0n) is 18.0. The summed E-state index contributed by atoms with van der Waals surface area (Å²) in [6, 6.07) is 6.11. The minimum absolute atomic E-state index is 0. The van der Waals surface area contributed by atoms with Crippen molar-refractivity contribution in [3.05, 3.63) is 42.0 Å². The van der Waals surface area contributed by atoms with Crippen LogP contribution in [0.3, 0.4) is 0 Å². The summed E-state index contributed by atoms with van der Waals surface area (Å²) < 4.78 is 23.6. The molecule has 2 aromatic rings. The van der Waals surface area contributed by atoms with Crippen LogP contribution in [0.5, 0.6) is 0 Å². The first-order valence-electron chi connectivity index (χ1n) is 10.0. The Morgan fingerprint density at radius 3 is 2.70 bits per heavy atom. The number of aliphatic imine (C=N–C) groups is 1. The molecular formula is C21H33FIN5O2. The van der Waals surface area contributed by atoms with Gasteiger partial charge >= 0.3 is 0 Å². The molecular weight excluding hydrogens is 500 g/mol. The number of benzene rings is 1. The van der Waals surface area contributed by atoms with E-state index in [-0.39, 0.29) is 29.8 Å². The lowest BCUT2D eigenvalue weighted by atomic mass is 10.2. The van der Waals surface area contributed by atoms with Crippen molar-refractivity contribution in [2.45, 2.75) is 19.8 Å². The number of aromatic nitrogens is 1. The molecule has 1 aromatic heterocycles. The average molecular weight is 533 g/mol. The van der Waals surface area contributed by atoms with Crippen LogP contribution in [0.4, 0.5) is 4.39 Å². The van der Waals surface area contributed by atoms with E-state index < -0.39 is 0 Å². The van der Waals surface area contributed by atoms with Gasteiger partial charge in [0.2, 0.25) is 5.89 Å². The molecule has 2 N–H and O–H groups in total. The molecule has 0 aliphatic rings. The zero-order valence-corrected chi connectivity index (χ0v) is 20.3. The van der Waals surface area contributed by atoms with Crippen molar-refractivity contribution < 1.29 is 13.5 Å². The molecule has 0 saturated heterocycles. The van der Waals surface area contributed by atoms with Gasteiger partial charge in [-0.25, -0.2) is 9.37 Å². The van der Waals surface area contributed by atoms with Gasteiger partial charge in [0.1, 0.15) is 12.1 Å². The number of nitrogens with zero attached hydrogens (tertiary/aromatic N) is 3. The van der Waals surface area contributed by atoms with Gasteiger partial charge in [-0.1, -0.05) is 0 Å². The van der Waals surface area contributed by atoms with E-state index in [4.69, 9.17) is 9.15 Å². The highest BCUT2D eigenvalue weighted by molar-refractivity contribution is 14.0. The summed E-state index contributed by atoms with van der Waals surface area (Å²) in [6.07, 6.45) is 3.36. The second-order valence-corrected chi connectivity index (χ2v) is 6.74. The first-order valence-corrected chi connectivity index (χ1v) is 10.0. The van der Waals surface area contributed by atoms with Gasteiger partial charge in [0.15, 0.2) is 5.96 Å². The van der Waals surface area contributed by atoms with E-state index in [0.29, 0.717) is 18.9 Å². The van der Waals surface area contributed by atoms with Crippen LogP contribution in [0.25, 0.3) is 11.5 Å². The third-order valence-electron chi connectivity index (χ3n) is 4.30. The van der Waals surface area contributed by atoms with Gasteiger partial charge in [-0.2, -0.15) is 0 Å². The van der Waals surface area contributed by atoms with Crippen molar-refractivity contribution >= 4 is 29.9 Å². The molecule has 0 atom stereocenters. The highest BCUT2D eigenvalue weighted by Gasteiger charge is 2.07. The Morgan fingerprint density at radius 1 is 1.23 bits per heavy atom. The summed E-state index contributed by atoms with van der Waals surface area (Å²) in [5, 5.41) is 6.57. The number of ether oxygens (including phenoxy) is 1. The van der Waals surface area contributed by atoms with Crippen LogP contribution in [-0.4, -0.2) is 69.3 Å². The van der Waals surface area contributed by atoms with Crippen molar-refractivity contribution in [2.75, 3.05) is 53.5 Å². The van der Waals surface area contributed by atoms with E-state index in [1.807, 2.05) is 6.92 Å². The molecule has 1 aromatic carbocycles. The maximum absolute atomic E-state index is 13.0. The molecule has 0 bridgehead atoms. The van der Waals surface area contributed by atoms with Gasteiger partial charge in [-0.05, 0) is 44.7 Å². The van der Waals surface area contributed by atoms with Crippen LogP contribution in [0.15, 0.2) is 39.9 Å². The molecule has 0 aliphatic heterocycles. The summed E-state index contributed by atoms with van der Waals surface area (Å²) in [5.41, 5.74) is 1.60. The van der Waals surface area contributed by atoms with Gasteiger partial charge in [0, 0.05) is 51.9 Å². The summed E-state index contributed by atoms with van der Waals surface area (Å²) in [6.45, 7) is 6.92. The van der Waals surface area contributed by atoms with Crippen LogP contribution in [0.1, 0.15) is 19.0 Å². The lowest BCUT2D eigenvalue weighted by molar-refractivity contribution is 0.180. The van der Waals surface area contributed by atoms with Crippen molar-refractivity contribution in [1.29, 1.82) is 0 Å². The fourth-order valence-electron chi connectivity index (χ4n) is 2.72. The van der Waals surface area contributed by atoms with Gasteiger partial charge < -0.3 is 24.7 Å². The molecule has 1 heterocycles. The molecule has 9 heteroatoms. The summed E-state index contributed by atoms with van der Waals surface area (Å²) in [5.74, 6) is 1.01. The van der Waals surface area contributed by atoms with E-state index in [0.717, 1.165) is 56.4 Å². The maximum Gasteiger partial charge on any atom is 0.226 e. The Hall–Kier alpha value is -1.72. The SMILES string of the molecule is CCNC(=NCCN(C)CCCOC)NCCc1coc(-c2ccc(F)cc2)n1.I. The fourth-order valence-corrected chi connectivity index (χ4v) is 2.72. The first-order chi connectivity index (χ1) is 14.1. The van der Waals surface area contributed by atoms with E-state index in [1.54, 1.807) is 25.5 Å². The van der Waals surface area contributed by atoms with Crippen molar-refractivity contribution in [3.8, 4) is 11.5 Å². The molecule has 0 saturated carbocycles. The predicted octanol–water partition coefficient (Wildman–Crippen LogP) is 3.16. The first kappa shape index (κ1) is 26.3. The molecule has 30 heavy (non-hydrogen) atoms. The summed E-state index contributed by atoms with van der Waals surface area (Å²) >= 11 is 0. The predicted molar refractivity (Wildman–Crippen MR) is 129 cm³/mol. The second-order valence-electron chi connectivity index (χ2n) is 6.74. The van der Waals surface area contributed by atoms with Gasteiger partial charge in [0.05, 0.1) is 12.2 Å². The molecule has 2 rings (SSSR count). The molecule has 0 unspecified atom stereocenters. The third-order valence-corrected chi connectivity index (χ3v) is 4.30. The number of hydrogen-bond donors (Lipinski definition) is 2. The minimum atomic E-state index is -0.277. The highest BCUT2D eigenvalue weighted by atomic mass is 127. The van der Waals surface area contributed by atoms with Crippen molar-refractivity contribution in [1.82, 2.24) is 20.5 Å². The monoisotopic (exact) mass is 533 g/mol. The number of likely N-dealkylation sites (N-methyl/N-ethyl adjacent to an activating group) is 1. The molecule has 0 amide bonds. The molecule has 0 spiro atoms. The van der Waals surface area contributed by atoms with Crippen molar-refractivity contribution in [3.63, 3.8) is 0 Å². The number of methoxy groups -OCH3 is 1. The van der Waals surface area contributed by atoms with Gasteiger partial charge in [-0.3, -0.25) is 4.99 Å². The van der Waals surface area contributed by atoms with Crippen LogP contribution in [0, 0.1) is 5.82 Å². The Bertz CT molecular complexity index is 739. The quantitative estimate of drug-likeness (QED) is 0.189. The normalized spacial score (nSPS) is 11.4. The van der Waals surface area contributed by atoms with E-state index in [9.17, 15) is 4.39 Å². The Kier molecular flexibility index (Phi) is 13.3. The summed E-state index contributed by atoms with van der Waals surface area (Å²) in [4.78, 5) is 11.3. The molecule has 7 nitrogen and oxygen atoms in total. The topological polar surface area (TPSA) is 74.9 Å². The van der Waals surface area contributed by atoms with Crippen LogP contribution >= 0.6 is 24.0 Å². The largest absolute Gasteiger partial charge is 0.444 e. The fraction of sp³-hybridized carbons (Fsp3) is 0.524.